The molecule has 0 aliphatic rings. The lowest BCUT2D eigenvalue weighted by molar-refractivity contribution is 0.340. The van der Waals surface area contributed by atoms with Crippen molar-refractivity contribution in [3.8, 4) is 5.75 Å². The van der Waals surface area contributed by atoms with Gasteiger partial charge in [-0.1, -0.05) is 41.4 Å². The van der Waals surface area contributed by atoms with Crippen LogP contribution in [0.15, 0.2) is 42.5 Å². The summed E-state index contributed by atoms with van der Waals surface area (Å²) in [5.41, 5.74) is 7.91. The summed E-state index contributed by atoms with van der Waals surface area (Å²) < 4.78 is 5.47. The van der Waals surface area contributed by atoms with Gasteiger partial charge < -0.3 is 10.5 Å². The minimum Gasteiger partial charge on any atom is -0.494 e. The van der Waals surface area contributed by atoms with Gasteiger partial charge in [0.05, 0.1) is 12.6 Å². The number of hydrogen-bond acceptors (Lipinski definition) is 2. The Balaban J connectivity index is 2.38. The molecule has 2 N–H and O–H groups in total. The van der Waals surface area contributed by atoms with Gasteiger partial charge in [0.25, 0.3) is 0 Å². The number of halogens is 2. The van der Waals surface area contributed by atoms with Crippen LogP contribution in [0.3, 0.4) is 0 Å². The third kappa shape index (κ3) is 3.21. The number of benzene rings is 2. The Morgan fingerprint density at radius 3 is 2.37 bits per heavy atom. The van der Waals surface area contributed by atoms with E-state index in [1.807, 2.05) is 31.2 Å². The lowest BCUT2D eigenvalue weighted by Crippen LogP contribution is -2.13. The van der Waals surface area contributed by atoms with Gasteiger partial charge in [-0.25, -0.2) is 0 Å². The second kappa shape index (κ2) is 6.29. The first kappa shape index (κ1) is 14.2. The number of rotatable bonds is 4. The highest BCUT2D eigenvalue weighted by molar-refractivity contribution is 6.36. The van der Waals surface area contributed by atoms with Crippen LogP contribution < -0.4 is 10.5 Å². The van der Waals surface area contributed by atoms with Crippen LogP contribution in [0.5, 0.6) is 5.75 Å². The molecule has 1 unspecified atom stereocenters. The highest BCUT2D eigenvalue weighted by Crippen LogP contribution is 2.33. The van der Waals surface area contributed by atoms with Crippen molar-refractivity contribution in [2.75, 3.05) is 6.61 Å². The highest BCUT2D eigenvalue weighted by atomic mass is 35.5. The van der Waals surface area contributed by atoms with E-state index in [2.05, 4.69) is 0 Å². The first-order valence-electron chi connectivity index (χ1n) is 6.05. The fourth-order valence-electron chi connectivity index (χ4n) is 1.94. The molecule has 2 rings (SSSR count). The summed E-state index contributed by atoms with van der Waals surface area (Å²) >= 11 is 12.4. The molecule has 0 saturated heterocycles. The van der Waals surface area contributed by atoms with Gasteiger partial charge in [-0.3, -0.25) is 0 Å². The van der Waals surface area contributed by atoms with E-state index in [0.717, 1.165) is 16.9 Å². The molecular formula is C15H15Cl2NO. The monoisotopic (exact) mass is 295 g/mol. The molecule has 4 heteroatoms. The maximum absolute atomic E-state index is 6.26. The van der Waals surface area contributed by atoms with E-state index in [9.17, 15) is 0 Å². The third-order valence-electron chi connectivity index (χ3n) is 2.84. The minimum absolute atomic E-state index is 0.374. The normalized spacial score (nSPS) is 12.2. The predicted molar refractivity (Wildman–Crippen MR) is 80.1 cm³/mol. The van der Waals surface area contributed by atoms with Crippen LogP contribution in [-0.4, -0.2) is 6.61 Å². The van der Waals surface area contributed by atoms with Gasteiger partial charge in [0, 0.05) is 15.6 Å². The Hall–Kier alpha value is -1.22. The molecule has 0 bridgehead atoms. The Morgan fingerprint density at radius 1 is 1.11 bits per heavy atom. The fourth-order valence-corrected chi connectivity index (χ4v) is 2.57. The van der Waals surface area contributed by atoms with Crippen LogP contribution in [0.2, 0.25) is 10.0 Å². The summed E-state index contributed by atoms with van der Waals surface area (Å²) in [7, 11) is 0. The Morgan fingerprint density at radius 2 is 1.74 bits per heavy atom. The molecule has 0 amide bonds. The van der Waals surface area contributed by atoms with E-state index in [0.29, 0.717) is 16.7 Å². The summed E-state index contributed by atoms with van der Waals surface area (Å²) in [4.78, 5) is 0. The van der Waals surface area contributed by atoms with E-state index in [1.165, 1.54) is 0 Å². The Bertz CT molecular complexity index is 552. The third-order valence-corrected chi connectivity index (χ3v) is 3.50. The molecule has 0 fully saturated rings. The maximum Gasteiger partial charge on any atom is 0.119 e. The molecule has 0 aromatic heterocycles. The van der Waals surface area contributed by atoms with Crippen LogP contribution in [0, 0.1) is 0 Å². The standard InChI is InChI=1S/C15H15Cl2NO/c1-2-19-11-6-3-5-10(9-11)15(18)14-12(16)7-4-8-13(14)17/h3-9,15H,2,18H2,1H3. The van der Waals surface area contributed by atoms with Crippen molar-refractivity contribution in [1.82, 2.24) is 0 Å². The second-order valence-electron chi connectivity index (χ2n) is 4.12. The largest absolute Gasteiger partial charge is 0.494 e. The first-order valence-corrected chi connectivity index (χ1v) is 6.81. The molecule has 19 heavy (non-hydrogen) atoms. The maximum atomic E-state index is 6.26. The summed E-state index contributed by atoms with van der Waals surface area (Å²) in [6, 6.07) is 12.7. The average molecular weight is 296 g/mol. The van der Waals surface area contributed by atoms with Crippen LogP contribution in [0.1, 0.15) is 24.1 Å². The quantitative estimate of drug-likeness (QED) is 0.905. The van der Waals surface area contributed by atoms with Gasteiger partial charge in [0.1, 0.15) is 5.75 Å². The van der Waals surface area contributed by atoms with Gasteiger partial charge in [-0.05, 0) is 36.8 Å². The van der Waals surface area contributed by atoms with E-state index in [-0.39, 0.29) is 6.04 Å². The van der Waals surface area contributed by atoms with Gasteiger partial charge in [-0.2, -0.15) is 0 Å². The van der Waals surface area contributed by atoms with E-state index in [1.54, 1.807) is 18.2 Å². The van der Waals surface area contributed by atoms with Gasteiger partial charge in [-0.15, -0.1) is 0 Å². The number of ether oxygens (including phenoxy) is 1. The molecule has 1 atom stereocenters. The van der Waals surface area contributed by atoms with Crippen LogP contribution in [0.4, 0.5) is 0 Å². The van der Waals surface area contributed by atoms with Crippen molar-refractivity contribution in [3.05, 3.63) is 63.6 Å². The highest BCUT2D eigenvalue weighted by Gasteiger charge is 2.16. The topological polar surface area (TPSA) is 35.2 Å². The summed E-state index contributed by atoms with van der Waals surface area (Å²) in [5.74, 6) is 0.790. The average Bonchev–Trinajstić information content (AvgIpc) is 2.39. The van der Waals surface area contributed by atoms with Crippen molar-refractivity contribution in [3.63, 3.8) is 0 Å². The fraction of sp³-hybridized carbons (Fsp3) is 0.200. The zero-order valence-electron chi connectivity index (χ0n) is 10.6. The zero-order chi connectivity index (χ0) is 13.8. The number of nitrogens with two attached hydrogens (primary N) is 1. The zero-order valence-corrected chi connectivity index (χ0v) is 12.1. The lowest BCUT2D eigenvalue weighted by Gasteiger charge is -2.16. The molecule has 2 aromatic carbocycles. The molecule has 0 saturated carbocycles. The molecule has 0 aliphatic heterocycles. The van der Waals surface area contributed by atoms with E-state index in [4.69, 9.17) is 33.7 Å². The first-order chi connectivity index (χ1) is 9.13. The second-order valence-corrected chi connectivity index (χ2v) is 4.93. The molecule has 0 spiro atoms. The van der Waals surface area contributed by atoms with Crippen molar-refractivity contribution in [1.29, 1.82) is 0 Å². The molecule has 0 aliphatic carbocycles. The van der Waals surface area contributed by atoms with Crippen LogP contribution in [0.25, 0.3) is 0 Å². The molecule has 0 radical (unpaired) electrons. The van der Waals surface area contributed by atoms with Gasteiger partial charge >= 0.3 is 0 Å². The van der Waals surface area contributed by atoms with Crippen molar-refractivity contribution >= 4 is 23.2 Å². The van der Waals surface area contributed by atoms with Crippen molar-refractivity contribution in [2.24, 2.45) is 5.73 Å². The van der Waals surface area contributed by atoms with Gasteiger partial charge in [0.2, 0.25) is 0 Å². The Labute approximate surface area is 123 Å². The van der Waals surface area contributed by atoms with Crippen molar-refractivity contribution in [2.45, 2.75) is 13.0 Å². The predicted octanol–water partition coefficient (Wildman–Crippen LogP) is 4.44. The SMILES string of the molecule is CCOc1cccc(C(N)c2c(Cl)cccc2Cl)c1. The molecular weight excluding hydrogens is 281 g/mol. The van der Waals surface area contributed by atoms with Crippen LogP contribution in [-0.2, 0) is 0 Å². The Kier molecular flexibility index (Phi) is 4.70. The van der Waals surface area contributed by atoms with E-state index < -0.39 is 0 Å². The van der Waals surface area contributed by atoms with Gasteiger partial charge in [0.15, 0.2) is 0 Å². The smallest absolute Gasteiger partial charge is 0.119 e. The molecule has 0 heterocycles. The minimum atomic E-state index is -0.374. The van der Waals surface area contributed by atoms with Crippen LogP contribution >= 0.6 is 23.2 Å². The number of hydrogen-bond donors (Lipinski definition) is 1. The summed E-state index contributed by atoms with van der Waals surface area (Å²) in [6.45, 7) is 2.56. The van der Waals surface area contributed by atoms with E-state index >= 15 is 0 Å². The molecule has 2 aromatic rings. The molecule has 2 nitrogen and oxygen atoms in total. The lowest BCUT2D eigenvalue weighted by atomic mass is 9.99. The molecule has 100 valence electrons. The summed E-state index contributed by atoms with van der Waals surface area (Å²) in [6.07, 6.45) is 0. The summed E-state index contributed by atoms with van der Waals surface area (Å²) in [5, 5.41) is 1.14. The van der Waals surface area contributed by atoms with Crippen molar-refractivity contribution < 1.29 is 4.74 Å².